The monoisotopic (exact) mass is 384 g/mol. The van der Waals surface area contributed by atoms with E-state index in [1.54, 1.807) is 6.07 Å². The minimum absolute atomic E-state index is 0.159. The Morgan fingerprint density at radius 2 is 1.71 bits per heavy atom. The molecule has 0 unspecified atom stereocenters. The van der Waals surface area contributed by atoms with Gasteiger partial charge in [-0.1, -0.05) is 31.2 Å². The van der Waals surface area contributed by atoms with Crippen molar-refractivity contribution in [1.29, 1.82) is 0 Å². The van der Waals surface area contributed by atoms with E-state index in [-0.39, 0.29) is 5.69 Å². The lowest BCUT2D eigenvalue weighted by Gasteiger charge is -2.36. The molecular weight excluding hydrogens is 359 g/mol. The number of nitrogens with zero attached hydrogens (tertiary/aromatic N) is 4. The third kappa shape index (κ3) is 3.54. The van der Waals surface area contributed by atoms with Crippen molar-refractivity contribution >= 4 is 17.1 Å². The van der Waals surface area contributed by atoms with Crippen molar-refractivity contribution in [2.24, 2.45) is 0 Å². The lowest BCUT2D eigenvalue weighted by Crippen LogP contribution is -2.46. The number of likely N-dealkylation sites (N-methyl/N-ethyl adjacent to an activating group) is 1. The van der Waals surface area contributed by atoms with E-state index in [9.17, 15) is 14.5 Å². The number of benzene rings is 2. The summed E-state index contributed by atoms with van der Waals surface area (Å²) in [6.45, 7) is 7.59. The van der Waals surface area contributed by atoms with Gasteiger partial charge in [0.05, 0.1) is 16.7 Å². The fraction of sp³-hybridized carbons (Fsp3) is 0.429. The van der Waals surface area contributed by atoms with Gasteiger partial charge in [-0.25, -0.2) is 4.39 Å². The van der Waals surface area contributed by atoms with Crippen LogP contribution in [0.2, 0.25) is 0 Å². The van der Waals surface area contributed by atoms with Crippen LogP contribution in [0.3, 0.4) is 0 Å². The quantitative estimate of drug-likeness (QED) is 0.597. The number of nitro benzene ring substituents is 1. The maximum Gasteiger partial charge on any atom is 0.295 e. The Morgan fingerprint density at radius 1 is 1.00 bits per heavy atom. The summed E-state index contributed by atoms with van der Waals surface area (Å²) in [5.74, 6) is -0.516. The van der Waals surface area contributed by atoms with Crippen LogP contribution in [0.15, 0.2) is 36.4 Å². The molecule has 2 aromatic carbocycles. The highest BCUT2D eigenvalue weighted by Gasteiger charge is 2.28. The summed E-state index contributed by atoms with van der Waals surface area (Å²) < 4.78 is 14.8. The van der Waals surface area contributed by atoms with Crippen molar-refractivity contribution in [3.8, 4) is 0 Å². The van der Waals surface area contributed by atoms with Crippen molar-refractivity contribution in [2.45, 2.75) is 19.9 Å². The zero-order chi connectivity index (χ0) is 19.7. The maximum absolute atomic E-state index is 14.8. The highest BCUT2D eigenvalue weighted by Crippen LogP contribution is 2.37. The molecule has 2 aliphatic heterocycles. The van der Waals surface area contributed by atoms with E-state index in [1.807, 2.05) is 21.9 Å². The van der Waals surface area contributed by atoms with Crippen LogP contribution in [0.25, 0.3) is 0 Å². The second-order valence-corrected chi connectivity index (χ2v) is 7.41. The Labute approximate surface area is 164 Å². The maximum atomic E-state index is 14.8. The fourth-order valence-electron chi connectivity index (χ4n) is 4.19. The molecule has 4 rings (SSSR count). The lowest BCUT2D eigenvalue weighted by molar-refractivity contribution is -0.384. The molecule has 1 saturated heterocycles. The molecule has 1 fully saturated rings. The molecule has 28 heavy (non-hydrogen) atoms. The van der Waals surface area contributed by atoms with Crippen LogP contribution in [0.5, 0.6) is 0 Å². The molecule has 2 aromatic rings. The standard InChI is InChI=1S/C21H25FN4O2/c1-2-23-9-11-24(12-10-23)19-14-20(21(26(27)28)13-18(19)22)25-8-7-16-5-3-4-6-17(16)15-25/h3-6,13-14H,2,7-12,15H2,1H3. The summed E-state index contributed by atoms with van der Waals surface area (Å²) in [6, 6.07) is 10.9. The average molecular weight is 384 g/mol. The molecule has 0 bridgehead atoms. The SMILES string of the molecule is CCN1CCN(c2cc(N3CCc4ccccc4C3)c([N+](=O)[O-])cc2F)CC1. The first kappa shape index (κ1) is 18.7. The molecule has 0 spiro atoms. The smallest absolute Gasteiger partial charge is 0.295 e. The van der Waals surface area contributed by atoms with E-state index in [0.717, 1.165) is 45.2 Å². The number of anilines is 2. The van der Waals surface area contributed by atoms with Crippen molar-refractivity contribution in [3.63, 3.8) is 0 Å². The third-order valence-electron chi connectivity index (χ3n) is 5.87. The molecule has 6 nitrogen and oxygen atoms in total. The first-order valence-electron chi connectivity index (χ1n) is 9.83. The van der Waals surface area contributed by atoms with Crippen LogP contribution in [0.4, 0.5) is 21.5 Å². The average Bonchev–Trinajstić information content (AvgIpc) is 2.73. The normalized spacial score (nSPS) is 17.5. The van der Waals surface area contributed by atoms with Crippen LogP contribution in [-0.4, -0.2) is 49.1 Å². The summed E-state index contributed by atoms with van der Waals surface area (Å²) in [5, 5.41) is 11.6. The van der Waals surface area contributed by atoms with Gasteiger partial charge in [0.15, 0.2) is 5.82 Å². The summed E-state index contributed by atoms with van der Waals surface area (Å²) in [7, 11) is 0. The van der Waals surface area contributed by atoms with E-state index in [2.05, 4.69) is 24.0 Å². The van der Waals surface area contributed by atoms with Crippen LogP contribution < -0.4 is 9.80 Å². The molecule has 0 N–H and O–H groups in total. The van der Waals surface area contributed by atoms with Gasteiger partial charge >= 0.3 is 0 Å². The van der Waals surface area contributed by atoms with Gasteiger partial charge in [-0.3, -0.25) is 10.1 Å². The molecule has 7 heteroatoms. The zero-order valence-corrected chi connectivity index (χ0v) is 16.1. The Bertz CT molecular complexity index is 881. The van der Waals surface area contributed by atoms with Gasteiger partial charge in [0.1, 0.15) is 5.69 Å². The van der Waals surface area contributed by atoms with E-state index < -0.39 is 10.7 Å². The first-order chi connectivity index (χ1) is 13.6. The number of piperazine rings is 1. The van der Waals surface area contributed by atoms with Gasteiger partial charge in [-0.15, -0.1) is 0 Å². The van der Waals surface area contributed by atoms with E-state index in [0.29, 0.717) is 24.5 Å². The predicted octanol–water partition coefficient (Wildman–Crippen LogP) is 3.44. The first-order valence-corrected chi connectivity index (χ1v) is 9.83. The minimum Gasteiger partial charge on any atom is -0.367 e. The molecule has 0 saturated carbocycles. The van der Waals surface area contributed by atoms with Crippen LogP contribution in [0, 0.1) is 15.9 Å². The Kier molecular flexibility index (Phi) is 5.17. The highest BCUT2D eigenvalue weighted by atomic mass is 19.1. The summed E-state index contributed by atoms with van der Waals surface area (Å²) in [6.07, 6.45) is 0.829. The second-order valence-electron chi connectivity index (χ2n) is 7.41. The summed E-state index contributed by atoms with van der Waals surface area (Å²) in [4.78, 5) is 17.5. The molecule has 2 aliphatic rings. The molecular formula is C21H25FN4O2. The molecule has 2 heterocycles. The number of nitro groups is 1. The topological polar surface area (TPSA) is 52.9 Å². The largest absolute Gasteiger partial charge is 0.367 e. The molecule has 0 atom stereocenters. The molecule has 0 amide bonds. The summed E-state index contributed by atoms with van der Waals surface area (Å²) in [5.41, 5.74) is 3.27. The van der Waals surface area contributed by atoms with Gasteiger partial charge in [0, 0.05) is 39.3 Å². The van der Waals surface area contributed by atoms with Crippen molar-refractivity contribution in [2.75, 3.05) is 49.1 Å². The van der Waals surface area contributed by atoms with Crippen molar-refractivity contribution in [1.82, 2.24) is 4.90 Å². The molecule has 0 aromatic heterocycles. The lowest BCUT2D eigenvalue weighted by atomic mass is 9.99. The van der Waals surface area contributed by atoms with Crippen LogP contribution >= 0.6 is 0 Å². The van der Waals surface area contributed by atoms with Gasteiger partial charge in [0.25, 0.3) is 5.69 Å². The number of rotatable bonds is 4. The van der Waals surface area contributed by atoms with Crippen LogP contribution in [0.1, 0.15) is 18.1 Å². The Morgan fingerprint density at radius 3 is 2.39 bits per heavy atom. The number of hydrogen-bond donors (Lipinski definition) is 0. The highest BCUT2D eigenvalue weighted by molar-refractivity contribution is 5.71. The van der Waals surface area contributed by atoms with E-state index in [1.165, 1.54) is 11.1 Å². The number of hydrogen-bond acceptors (Lipinski definition) is 5. The minimum atomic E-state index is -0.516. The van der Waals surface area contributed by atoms with Gasteiger partial charge < -0.3 is 14.7 Å². The Hall–Kier alpha value is -2.67. The van der Waals surface area contributed by atoms with Crippen LogP contribution in [-0.2, 0) is 13.0 Å². The van der Waals surface area contributed by atoms with E-state index in [4.69, 9.17) is 0 Å². The molecule has 148 valence electrons. The van der Waals surface area contributed by atoms with Gasteiger partial charge in [-0.05, 0) is 30.2 Å². The van der Waals surface area contributed by atoms with Crippen molar-refractivity contribution < 1.29 is 9.31 Å². The fourth-order valence-corrected chi connectivity index (χ4v) is 4.19. The second kappa shape index (κ2) is 7.75. The predicted molar refractivity (Wildman–Crippen MR) is 109 cm³/mol. The van der Waals surface area contributed by atoms with Gasteiger partial charge in [-0.2, -0.15) is 0 Å². The molecule has 0 aliphatic carbocycles. The summed E-state index contributed by atoms with van der Waals surface area (Å²) >= 11 is 0. The zero-order valence-electron chi connectivity index (χ0n) is 16.1. The van der Waals surface area contributed by atoms with Crippen molar-refractivity contribution in [3.05, 3.63) is 63.5 Å². The number of fused-ring (bicyclic) bond motifs is 1. The van der Waals surface area contributed by atoms with Gasteiger partial charge in [0.2, 0.25) is 0 Å². The van der Waals surface area contributed by atoms with E-state index >= 15 is 0 Å². The third-order valence-corrected chi connectivity index (χ3v) is 5.87. The molecule has 0 radical (unpaired) electrons. The number of halogens is 1. The Balaban J connectivity index is 1.67.